The third-order valence-corrected chi connectivity index (χ3v) is 5.94. The normalized spacial score (nSPS) is 17.4. The van der Waals surface area contributed by atoms with Crippen LogP contribution in [0.4, 0.5) is 0 Å². The standard InChI is InChI=1S/C24H30N2O.ClH/c1-27-22-13-11-19(12-14-22)21-8-6-16-26(18-21)15-5-4-7-20-17-25-24-10-3-2-9-23(20)24;/h2-3,9-14,17,21,25H,4-8,15-16,18H2,1H3;1H. The highest BCUT2D eigenvalue weighted by Crippen LogP contribution is 2.28. The van der Waals surface area contributed by atoms with E-state index in [4.69, 9.17) is 4.74 Å². The minimum Gasteiger partial charge on any atom is -0.497 e. The molecule has 0 spiro atoms. The number of H-pyrrole nitrogens is 1. The van der Waals surface area contributed by atoms with Gasteiger partial charge in [0.25, 0.3) is 0 Å². The number of methoxy groups -OCH3 is 1. The number of piperidine rings is 1. The Morgan fingerprint density at radius 1 is 1.07 bits per heavy atom. The molecule has 150 valence electrons. The molecular formula is C24H31ClN2O. The smallest absolute Gasteiger partial charge is 0.118 e. The van der Waals surface area contributed by atoms with Crippen LogP contribution in [-0.4, -0.2) is 36.6 Å². The number of unbranched alkanes of at least 4 members (excludes halogenated alkanes) is 1. The van der Waals surface area contributed by atoms with Crippen molar-refractivity contribution >= 4 is 23.3 Å². The molecule has 1 atom stereocenters. The maximum absolute atomic E-state index is 5.29. The summed E-state index contributed by atoms with van der Waals surface area (Å²) in [5.41, 5.74) is 4.17. The van der Waals surface area contributed by atoms with Gasteiger partial charge in [0.1, 0.15) is 5.75 Å². The molecule has 3 aromatic rings. The fourth-order valence-electron chi connectivity index (χ4n) is 4.40. The van der Waals surface area contributed by atoms with Gasteiger partial charge in [-0.05, 0) is 80.4 Å². The van der Waals surface area contributed by atoms with E-state index in [2.05, 4.69) is 64.6 Å². The van der Waals surface area contributed by atoms with E-state index in [0.29, 0.717) is 5.92 Å². The lowest BCUT2D eigenvalue weighted by atomic mass is 9.90. The van der Waals surface area contributed by atoms with E-state index in [1.165, 1.54) is 73.8 Å². The number of aromatic amines is 1. The number of halogens is 1. The molecule has 2 aromatic carbocycles. The molecule has 1 unspecified atom stereocenters. The summed E-state index contributed by atoms with van der Waals surface area (Å²) >= 11 is 0. The molecule has 0 aliphatic carbocycles. The Hall–Kier alpha value is -1.97. The van der Waals surface area contributed by atoms with E-state index in [1.54, 1.807) is 7.11 Å². The third kappa shape index (κ3) is 4.89. The predicted octanol–water partition coefficient (Wildman–Crippen LogP) is 5.80. The number of likely N-dealkylation sites (tertiary alicyclic amines) is 1. The number of fused-ring (bicyclic) bond motifs is 1. The topological polar surface area (TPSA) is 28.3 Å². The van der Waals surface area contributed by atoms with Gasteiger partial charge in [-0.25, -0.2) is 0 Å². The van der Waals surface area contributed by atoms with E-state index in [1.807, 2.05) is 0 Å². The lowest BCUT2D eigenvalue weighted by Crippen LogP contribution is -2.35. The van der Waals surface area contributed by atoms with Crippen molar-refractivity contribution in [1.82, 2.24) is 9.88 Å². The summed E-state index contributed by atoms with van der Waals surface area (Å²) in [6, 6.07) is 17.3. The second-order valence-corrected chi connectivity index (χ2v) is 7.73. The second kappa shape index (κ2) is 9.99. The van der Waals surface area contributed by atoms with Crippen LogP contribution in [0.25, 0.3) is 10.9 Å². The molecule has 3 nitrogen and oxygen atoms in total. The van der Waals surface area contributed by atoms with E-state index >= 15 is 0 Å². The van der Waals surface area contributed by atoms with Gasteiger partial charge in [-0.2, -0.15) is 0 Å². The lowest BCUT2D eigenvalue weighted by molar-refractivity contribution is 0.204. The molecule has 4 rings (SSSR count). The van der Waals surface area contributed by atoms with Crippen molar-refractivity contribution in [2.45, 2.75) is 38.0 Å². The number of benzene rings is 2. The molecule has 0 radical (unpaired) electrons. The maximum Gasteiger partial charge on any atom is 0.118 e. The number of nitrogens with one attached hydrogen (secondary N) is 1. The number of ether oxygens (including phenoxy) is 1. The Bertz CT molecular complexity index is 858. The number of aromatic nitrogens is 1. The number of rotatable bonds is 7. The number of para-hydroxylation sites is 1. The molecule has 1 aliphatic heterocycles. The van der Waals surface area contributed by atoms with Gasteiger partial charge < -0.3 is 14.6 Å². The molecule has 28 heavy (non-hydrogen) atoms. The molecule has 2 heterocycles. The summed E-state index contributed by atoms with van der Waals surface area (Å²) in [6.45, 7) is 3.66. The van der Waals surface area contributed by atoms with Crippen LogP contribution in [0.15, 0.2) is 54.7 Å². The SMILES string of the molecule is COc1ccc(C2CCCN(CCCCc3c[nH]c4ccccc34)C2)cc1.Cl. The summed E-state index contributed by atoms with van der Waals surface area (Å²) in [5, 5.41) is 1.38. The van der Waals surface area contributed by atoms with Crippen LogP contribution in [0.1, 0.15) is 42.7 Å². The van der Waals surface area contributed by atoms with Gasteiger partial charge >= 0.3 is 0 Å². The molecule has 0 amide bonds. The predicted molar refractivity (Wildman–Crippen MR) is 120 cm³/mol. The average Bonchev–Trinajstić information content (AvgIpc) is 3.15. The van der Waals surface area contributed by atoms with E-state index < -0.39 is 0 Å². The highest BCUT2D eigenvalue weighted by Gasteiger charge is 2.21. The number of aryl methyl sites for hydroxylation is 1. The van der Waals surface area contributed by atoms with Gasteiger partial charge in [0.15, 0.2) is 0 Å². The van der Waals surface area contributed by atoms with Crippen molar-refractivity contribution in [3.63, 3.8) is 0 Å². The van der Waals surface area contributed by atoms with Crippen molar-refractivity contribution in [2.24, 2.45) is 0 Å². The van der Waals surface area contributed by atoms with Gasteiger partial charge in [0.05, 0.1) is 7.11 Å². The second-order valence-electron chi connectivity index (χ2n) is 7.73. The third-order valence-electron chi connectivity index (χ3n) is 5.94. The zero-order chi connectivity index (χ0) is 18.5. The Kier molecular flexibility index (Phi) is 7.41. The Balaban J connectivity index is 0.00000225. The van der Waals surface area contributed by atoms with Crippen LogP contribution < -0.4 is 4.74 Å². The molecule has 4 heteroatoms. The van der Waals surface area contributed by atoms with Crippen LogP contribution in [0, 0.1) is 0 Å². The summed E-state index contributed by atoms with van der Waals surface area (Å²) < 4.78 is 5.29. The Morgan fingerprint density at radius 3 is 2.71 bits per heavy atom. The summed E-state index contributed by atoms with van der Waals surface area (Å²) in [6.07, 6.45) is 8.49. The molecular weight excluding hydrogens is 368 g/mol. The fraction of sp³-hybridized carbons (Fsp3) is 0.417. The number of hydrogen-bond acceptors (Lipinski definition) is 2. The van der Waals surface area contributed by atoms with Gasteiger partial charge in [-0.3, -0.25) is 0 Å². The first-order valence-corrected chi connectivity index (χ1v) is 10.2. The van der Waals surface area contributed by atoms with Gasteiger partial charge in [-0.15, -0.1) is 12.4 Å². The molecule has 1 fully saturated rings. The first-order valence-electron chi connectivity index (χ1n) is 10.2. The molecule has 1 saturated heterocycles. The van der Waals surface area contributed by atoms with Gasteiger partial charge in [0.2, 0.25) is 0 Å². The molecule has 1 N–H and O–H groups in total. The van der Waals surface area contributed by atoms with E-state index in [-0.39, 0.29) is 12.4 Å². The van der Waals surface area contributed by atoms with Crippen LogP contribution in [0.3, 0.4) is 0 Å². The quantitative estimate of drug-likeness (QED) is 0.509. The monoisotopic (exact) mass is 398 g/mol. The van der Waals surface area contributed by atoms with Crippen LogP contribution in [0.2, 0.25) is 0 Å². The van der Waals surface area contributed by atoms with Crippen molar-refractivity contribution in [3.05, 3.63) is 65.9 Å². The van der Waals surface area contributed by atoms with Crippen LogP contribution in [0.5, 0.6) is 5.75 Å². The van der Waals surface area contributed by atoms with E-state index in [0.717, 1.165) is 5.75 Å². The first-order chi connectivity index (χ1) is 13.3. The largest absolute Gasteiger partial charge is 0.497 e. The summed E-state index contributed by atoms with van der Waals surface area (Å²) in [5.74, 6) is 1.61. The lowest BCUT2D eigenvalue weighted by Gasteiger charge is -2.33. The zero-order valence-corrected chi connectivity index (χ0v) is 17.5. The zero-order valence-electron chi connectivity index (χ0n) is 16.7. The molecule has 1 aliphatic rings. The van der Waals surface area contributed by atoms with Gasteiger partial charge in [0, 0.05) is 23.6 Å². The summed E-state index contributed by atoms with van der Waals surface area (Å²) in [4.78, 5) is 6.05. The van der Waals surface area contributed by atoms with Crippen molar-refractivity contribution < 1.29 is 4.74 Å². The van der Waals surface area contributed by atoms with Crippen LogP contribution >= 0.6 is 12.4 Å². The van der Waals surface area contributed by atoms with Crippen molar-refractivity contribution in [2.75, 3.05) is 26.7 Å². The van der Waals surface area contributed by atoms with E-state index in [9.17, 15) is 0 Å². The van der Waals surface area contributed by atoms with Crippen LogP contribution in [-0.2, 0) is 6.42 Å². The minimum atomic E-state index is 0. The average molecular weight is 399 g/mol. The molecule has 1 aromatic heterocycles. The summed E-state index contributed by atoms with van der Waals surface area (Å²) in [7, 11) is 1.73. The van der Waals surface area contributed by atoms with Gasteiger partial charge in [-0.1, -0.05) is 30.3 Å². The fourth-order valence-corrected chi connectivity index (χ4v) is 4.40. The number of hydrogen-bond donors (Lipinski definition) is 1. The number of nitrogens with zero attached hydrogens (tertiary/aromatic N) is 1. The Labute approximate surface area is 174 Å². The highest BCUT2D eigenvalue weighted by molar-refractivity contribution is 5.85. The first kappa shape index (κ1) is 20.8. The molecule has 0 bridgehead atoms. The van der Waals surface area contributed by atoms with Crippen molar-refractivity contribution in [1.29, 1.82) is 0 Å². The van der Waals surface area contributed by atoms with Crippen molar-refractivity contribution in [3.8, 4) is 5.75 Å². The minimum absolute atomic E-state index is 0. The highest BCUT2D eigenvalue weighted by atomic mass is 35.5. The maximum atomic E-state index is 5.29. The Morgan fingerprint density at radius 2 is 1.89 bits per heavy atom. The molecule has 0 saturated carbocycles.